The monoisotopic (exact) mass is 384 g/mol. The zero-order chi connectivity index (χ0) is 18.5. The average molecular weight is 385 g/mol. The normalized spacial score (nSPS) is 21.6. The summed E-state index contributed by atoms with van der Waals surface area (Å²) in [5.74, 6) is 1.99. The molecule has 1 atom stereocenters. The van der Waals surface area contributed by atoms with Crippen LogP contribution in [-0.4, -0.2) is 56.9 Å². The number of benzene rings is 1. The Kier molecular flexibility index (Phi) is 6.76. The molecule has 1 fully saturated rings. The largest absolute Gasteiger partial charge is 0.355 e. The molecule has 0 amide bonds. The Morgan fingerprint density at radius 2 is 1.96 bits per heavy atom. The van der Waals surface area contributed by atoms with Gasteiger partial charge in [-0.1, -0.05) is 12.1 Å². The van der Waals surface area contributed by atoms with Crippen LogP contribution in [0.25, 0.3) is 0 Å². The van der Waals surface area contributed by atoms with E-state index in [2.05, 4.69) is 22.5 Å². The Labute approximate surface area is 155 Å². The van der Waals surface area contributed by atoms with Gasteiger partial charge in [0, 0.05) is 39.0 Å². The standard InChI is InChI=1S/C17H28N4O2S2/c1-17(10-5-11-24-17)13-20-16(18-2)19-12-14-6-8-15(9-7-14)25(22,23)21(3)4/h6-9H,5,10-13H2,1-4H3,(H2,18,19,20). The van der Waals surface area contributed by atoms with Crippen LogP contribution in [0.4, 0.5) is 0 Å². The molecule has 0 aromatic heterocycles. The summed E-state index contributed by atoms with van der Waals surface area (Å²) in [7, 11) is 1.44. The fourth-order valence-corrected chi connectivity index (χ4v) is 4.79. The summed E-state index contributed by atoms with van der Waals surface area (Å²) in [6, 6.07) is 6.92. The van der Waals surface area contributed by atoms with E-state index in [1.807, 2.05) is 23.9 Å². The van der Waals surface area contributed by atoms with Gasteiger partial charge in [-0.2, -0.15) is 11.8 Å². The van der Waals surface area contributed by atoms with Gasteiger partial charge in [0.15, 0.2) is 5.96 Å². The van der Waals surface area contributed by atoms with Crippen LogP contribution in [0.15, 0.2) is 34.2 Å². The zero-order valence-corrected chi connectivity index (χ0v) is 17.0. The Balaban J connectivity index is 1.89. The highest BCUT2D eigenvalue weighted by atomic mass is 32.2. The molecule has 1 aliphatic rings. The highest BCUT2D eigenvalue weighted by Gasteiger charge is 2.29. The number of guanidine groups is 1. The minimum atomic E-state index is -3.38. The first-order chi connectivity index (χ1) is 11.8. The predicted molar refractivity (Wildman–Crippen MR) is 106 cm³/mol. The molecule has 25 heavy (non-hydrogen) atoms. The third-order valence-corrected chi connectivity index (χ3v) is 7.68. The van der Waals surface area contributed by atoms with Crippen molar-refractivity contribution in [1.29, 1.82) is 0 Å². The Morgan fingerprint density at radius 3 is 2.48 bits per heavy atom. The predicted octanol–water partition coefficient (Wildman–Crippen LogP) is 1.89. The molecule has 0 saturated carbocycles. The van der Waals surface area contributed by atoms with Crippen molar-refractivity contribution in [3.63, 3.8) is 0 Å². The van der Waals surface area contributed by atoms with E-state index < -0.39 is 10.0 Å². The van der Waals surface area contributed by atoms with Gasteiger partial charge in [-0.05, 0) is 43.2 Å². The molecule has 1 heterocycles. The summed E-state index contributed by atoms with van der Waals surface area (Å²) < 4.78 is 25.6. The van der Waals surface area contributed by atoms with Crippen molar-refractivity contribution < 1.29 is 8.42 Å². The van der Waals surface area contributed by atoms with Gasteiger partial charge in [0.05, 0.1) is 4.90 Å². The molecular formula is C17H28N4O2S2. The first-order valence-corrected chi connectivity index (χ1v) is 10.8. The van der Waals surface area contributed by atoms with E-state index in [9.17, 15) is 8.42 Å². The molecule has 1 aromatic carbocycles. The maximum atomic E-state index is 12.1. The number of rotatable bonds is 6. The number of thioether (sulfide) groups is 1. The second-order valence-electron chi connectivity index (χ2n) is 6.61. The van der Waals surface area contributed by atoms with Crippen LogP contribution in [0.5, 0.6) is 0 Å². The highest BCUT2D eigenvalue weighted by molar-refractivity contribution is 8.00. The molecule has 0 aliphatic carbocycles. The van der Waals surface area contributed by atoms with Gasteiger partial charge in [0.1, 0.15) is 0 Å². The van der Waals surface area contributed by atoms with Crippen LogP contribution in [0, 0.1) is 0 Å². The number of nitrogens with one attached hydrogen (secondary N) is 2. The summed E-state index contributed by atoms with van der Waals surface area (Å²) in [5, 5.41) is 6.67. The van der Waals surface area contributed by atoms with Crippen LogP contribution in [0.2, 0.25) is 0 Å². The van der Waals surface area contributed by atoms with Crippen molar-refractivity contribution in [3.8, 4) is 0 Å². The molecule has 0 bridgehead atoms. The number of hydrogen-bond donors (Lipinski definition) is 2. The summed E-state index contributed by atoms with van der Waals surface area (Å²) >= 11 is 2.01. The van der Waals surface area contributed by atoms with Crippen molar-refractivity contribution >= 4 is 27.7 Å². The molecule has 140 valence electrons. The first kappa shape index (κ1) is 20.1. The van der Waals surface area contributed by atoms with Crippen molar-refractivity contribution in [2.75, 3.05) is 33.4 Å². The molecule has 2 rings (SSSR count). The van der Waals surface area contributed by atoms with Crippen molar-refractivity contribution in [2.24, 2.45) is 4.99 Å². The quantitative estimate of drug-likeness (QED) is 0.579. The molecule has 2 N–H and O–H groups in total. The van der Waals surface area contributed by atoms with Crippen molar-refractivity contribution in [2.45, 2.75) is 36.0 Å². The fourth-order valence-electron chi connectivity index (χ4n) is 2.64. The van der Waals surface area contributed by atoms with Crippen LogP contribution in [-0.2, 0) is 16.6 Å². The summed E-state index contributed by atoms with van der Waals surface area (Å²) in [4.78, 5) is 4.56. The molecule has 1 aliphatic heterocycles. The van der Waals surface area contributed by atoms with E-state index in [0.29, 0.717) is 11.4 Å². The van der Waals surface area contributed by atoms with Gasteiger partial charge in [0.25, 0.3) is 0 Å². The van der Waals surface area contributed by atoms with E-state index >= 15 is 0 Å². The van der Waals surface area contributed by atoms with Crippen LogP contribution < -0.4 is 10.6 Å². The minimum absolute atomic E-state index is 0.278. The lowest BCUT2D eigenvalue weighted by Gasteiger charge is -2.24. The number of sulfonamides is 1. The fraction of sp³-hybridized carbons (Fsp3) is 0.588. The third-order valence-electron chi connectivity index (χ3n) is 4.32. The maximum Gasteiger partial charge on any atom is 0.242 e. The molecule has 0 radical (unpaired) electrons. The molecule has 1 saturated heterocycles. The second kappa shape index (κ2) is 8.42. The molecule has 1 unspecified atom stereocenters. The second-order valence-corrected chi connectivity index (χ2v) is 10.4. The lowest BCUT2D eigenvalue weighted by atomic mass is 10.1. The Bertz CT molecular complexity index is 694. The van der Waals surface area contributed by atoms with Gasteiger partial charge >= 0.3 is 0 Å². The minimum Gasteiger partial charge on any atom is -0.355 e. The summed E-state index contributed by atoms with van der Waals surface area (Å²) in [6.45, 7) is 3.76. The Hall–Kier alpha value is -1.25. The van der Waals surface area contributed by atoms with Gasteiger partial charge in [-0.25, -0.2) is 12.7 Å². The average Bonchev–Trinajstić information content (AvgIpc) is 3.02. The molecule has 1 aromatic rings. The van der Waals surface area contributed by atoms with Gasteiger partial charge < -0.3 is 10.6 Å². The summed E-state index contributed by atoms with van der Waals surface area (Å²) in [5.41, 5.74) is 1.00. The maximum absolute atomic E-state index is 12.1. The third kappa shape index (κ3) is 5.36. The van der Waals surface area contributed by atoms with Crippen molar-refractivity contribution in [3.05, 3.63) is 29.8 Å². The van der Waals surface area contributed by atoms with Crippen molar-refractivity contribution in [1.82, 2.24) is 14.9 Å². The lowest BCUT2D eigenvalue weighted by Crippen LogP contribution is -2.43. The molecule has 8 heteroatoms. The van der Waals surface area contributed by atoms with E-state index in [4.69, 9.17) is 0 Å². The highest BCUT2D eigenvalue weighted by Crippen LogP contribution is 2.36. The molecule has 0 spiro atoms. The van der Waals surface area contributed by atoms with E-state index in [1.165, 1.54) is 37.0 Å². The SMILES string of the molecule is CN=C(NCc1ccc(S(=O)(=O)N(C)C)cc1)NCC1(C)CCCS1. The van der Waals surface area contributed by atoms with Gasteiger partial charge in [-0.3, -0.25) is 4.99 Å². The number of nitrogens with zero attached hydrogens (tertiary/aromatic N) is 2. The molecular weight excluding hydrogens is 356 g/mol. The van der Waals surface area contributed by atoms with Gasteiger partial charge in [0.2, 0.25) is 10.0 Å². The summed E-state index contributed by atoms with van der Waals surface area (Å²) in [6.07, 6.45) is 2.50. The topological polar surface area (TPSA) is 73.8 Å². The smallest absolute Gasteiger partial charge is 0.242 e. The van der Waals surface area contributed by atoms with E-state index in [0.717, 1.165) is 18.1 Å². The van der Waals surface area contributed by atoms with Crippen LogP contribution in [0.3, 0.4) is 0 Å². The first-order valence-electron chi connectivity index (χ1n) is 8.37. The number of hydrogen-bond acceptors (Lipinski definition) is 4. The lowest BCUT2D eigenvalue weighted by molar-refractivity contribution is 0.520. The van der Waals surface area contributed by atoms with E-state index in [-0.39, 0.29) is 4.75 Å². The van der Waals surface area contributed by atoms with E-state index in [1.54, 1.807) is 19.2 Å². The van der Waals surface area contributed by atoms with Gasteiger partial charge in [-0.15, -0.1) is 0 Å². The molecule has 6 nitrogen and oxygen atoms in total. The number of aliphatic imine (C=N–C) groups is 1. The van der Waals surface area contributed by atoms with Crippen LogP contribution >= 0.6 is 11.8 Å². The van der Waals surface area contributed by atoms with Crippen LogP contribution in [0.1, 0.15) is 25.3 Å². The Morgan fingerprint density at radius 1 is 1.28 bits per heavy atom. The zero-order valence-electron chi connectivity index (χ0n) is 15.4.